The van der Waals surface area contributed by atoms with E-state index in [1.54, 1.807) is 47.1 Å². The van der Waals surface area contributed by atoms with Crippen LogP contribution in [0.15, 0.2) is 60.8 Å². The van der Waals surface area contributed by atoms with Crippen LogP contribution >= 0.6 is 24.0 Å². The number of piperidine rings is 3. The molecule has 0 atom stereocenters. The van der Waals surface area contributed by atoms with E-state index in [2.05, 4.69) is 89.2 Å². The van der Waals surface area contributed by atoms with Gasteiger partial charge >= 0.3 is 41.7 Å². The van der Waals surface area contributed by atoms with Crippen LogP contribution in [0.3, 0.4) is 0 Å². The van der Waals surface area contributed by atoms with Gasteiger partial charge in [-0.1, -0.05) is 76.6 Å². The molecule has 2 amide bonds. The molecule has 4 N–H and O–H groups in total. The largest absolute Gasteiger partial charge is 1.00 e. The Hall–Kier alpha value is -2.76. The maximum Gasteiger partial charge on any atom is 1.00 e. The van der Waals surface area contributed by atoms with Gasteiger partial charge in [-0.15, -0.1) is 12.4 Å². The third-order valence-corrected chi connectivity index (χ3v) is 17.6. The minimum Gasteiger partial charge on any atom is -1.00 e. The second-order valence-electron chi connectivity index (χ2n) is 26.0. The molecule has 26 heteroatoms. The number of halogens is 2. The molecule has 0 bridgehead atoms. The molecule has 7 rings (SSSR count). The van der Waals surface area contributed by atoms with Crippen molar-refractivity contribution in [1.82, 2.24) is 44.2 Å². The van der Waals surface area contributed by atoms with Crippen LogP contribution in [0.4, 0.5) is 9.59 Å². The molecule has 0 unspecified atom stereocenters. The van der Waals surface area contributed by atoms with Crippen LogP contribution in [0, 0.1) is 0 Å². The molecule has 0 saturated carbocycles. The number of aromatic amines is 1. The average Bonchev–Trinajstić information content (AvgIpc) is 4.28. The van der Waals surface area contributed by atoms with Crippen LogP contribution in [0.1, 0.15) is 99.6 Å². The fourth-order valence-electron chi connectivity index (χ4n) is 7.48. The van der Waals surface area contributed by atoms with Gasteiger partial charge in [0, 0.05) is 152 Å². The summed E-state index contributed by atoms with van der Waals surface area (Å²) in [6.07, 6.45) is 21.7. The Labute approximate surface area is 529 Å². The molecule has 82 heavy (non-hydrogen) atoms. The summed E-state index contributed by atoms with van der Waals surface area (Å²) < 4.78 is 30.7. The first-order valence-corrected chi connectivity index (χ1v) is 39.9. The average molecular weight is 1260 g/mol. The summed E-state index contributed by atoms with van der Waals surface area (Å²) in [5.41, 5.74) is -2.76. The van der Waals surface area contributed by atoms with Crippen molar-refractivity contribution in [2.75, 3.05) is 65.2 Å². The number of aliphatic imine (C=N–C) groups is 1. The Bertz CT molecular complexity index is 2220. The number of aromatic nitrogens is 6. The molecule has 20 nitrogen and oxygen atoms in total. The van der Waals surface area contributed by atoms with Gasteiger partial charge in [0.1, 0.15) is 59.4 Å². The van der Waals surface area contributed by atoms with E-state index in [4.69, 9.17) is 35.3 Å². The summed E-state index contributed by atoms with van der Waals surface area (Å²) in [4.78, 5) is 57.0. The van der Waals surface area contributed by atoms with Crippen LogP contribution in [-0.4, -0.2) is 174 Å². The Morgan fingerprint density at radius 3 is 1.63 bits per heavy atom. The van der Waals surface area contributed by atoms with Gasteiger partial charge in [0.2, 0.25) is 0 Å². The fraction of sp³-hybridized carbons (Fsp3) is 0.732. The zero-order valence-electron chi connectivity index (χ0n) is 53.9. The van der Waals surface area contributed by atoms with Crippen molar-refractivity contribution in [2.45, 2.75) is 199 Å². The molecule has 0 aromatic carbocycles. The summed E-state index contributed by atoms with van der Waals surface area (Å²) >= 11 is 5.32. The zero-order valence-corrected chi connectivity index (χ0v) is 59.4. The second-order valence-corrected chi connectivity index (χ2v) is 43.1. The number of imidazole rings is 3. The van der Waals surface area contributed by atoms with E-state index in [1.807, 2.05) is 75.4 Å². The number of hydrogen-bond acceptors (Lipinski definition) is 15. The van der Waals surface area contributed by atoms with Crippen molar-refractivity contribution < 1.29 is 79.3 Å². The van der Waals surface area contributed by atoms with Crippen LogP contribution < -0.4 is 34.9 Å². The number of Topliss-reactive ketones (excluding diaryl/α,β-unsaturated/α-hetero) is 1. The normalized spacial score (nSPS) is 16.5. The third kappa shape index (κ3) is 36.9. The van der Waals surface area contributed by atoms with E-state index in [0.717, 1.165) is 58.2 Å². The molecule has 4 aliphatic rings. The predicted molar refractivity (Wildman–Crippen MR) is 336 cm³/mol. The number of nitrogens with one attached hydrogen (secondary N) is 2. The van der Waals surface area contributed by atoms with Crippen LogP contribution in [-0.2, 0) is 53.1 Å². The van der Waals surface area contributed by atoms with E-state index >= 15 is 0 Å². The number of aliphatic hydroxyl groups is 2. The number of hydrogen-bond donors (Lipinski definition) is 4. The third-order valence-electron chi connectivity index (χ3n) is 12.4. The SMILES string of the molecule is C1=CN=CC1.CC(C)(C)OC(=O)N1CCC(=O)CC1.CC(C)(C)OC(=O)N1CCC(O)(c2nccn2COCC[Si](C)(C)C)CC1.C[Si](C)(C)CCOCCl.C[Si](C)(C)CCOCn1ccnc1.Cl.OC1(c2ncc[nH]2)CCNCC1.[H-].[Na+]. The topological polar surface area (TPSA) is 233 Å². The first kappa shape index (κ1) is 79.2. The number of carbonyl (C=O) groups is 3. The number of alkyl halides is 1. The molecular formula is C56H105Cl2N10NaO10Si3. The molecule has 466 valence electrons. The minimum atomic E-state index is -1.12. The Morgan fingerprint density at radius 2 is 1.22 bits per heavy atom. The molecule has 3 saturated heterocycles. The van der Waals surface area contributed by atoms with Crippen LogP contribution in [0.25, 0.3) is 0 Å². The number of likely N-dealkylation sites (tertiary alicyclic amines) is 2. The van der Waals surface area contributed by atoms with Crippen molar-refractivity contribution in [3.63, 3.8) is 0 Å². The predicted octanol–water partition coefficient (Wildman–Crippen LogP) is 8.23. The number of ether oxygens (including phenoxy) is 5. The Kier molecular flexibility index (Phi) is 37.8. The van der Waals surface area contributed by atoms with E-state index in [9.17, 15) is 24.6 Å². The molecule has 3 aromatic heterocycles. The van der Waals surface area contributed by atoms with E-state index < -0.39 is 46.6 Å². The summed E-state index contributed by atoms with van der Waals surface area (Å²) in [5, 5.41) is 24.4. The maximum absolute atomic E-state index is 12.2. The quantitative estimate of drug-likeness (QED) is 0.0601. The number of H-pyrrole nitrogens is 1. The number of nitrogens with zero attached hydrogens (tertiary/aromatic N) is 8. The van der Waals surface area contributed by atoms with Gasteiger partial charge in [0.15, 0.2) is 0 Å². The summed E-state index contributed by atoms with van der Waals surface area (Å²) in [6, 6.07) is 3.87. The first-order valence-electron chi connectivity index (χ1n) is 28.3. The fourth-order valence-corrected chi connectivity index (χ4v) is 9.86. The molecule has 0 radical (unpaired) electrons. The van der Waals surface area contributed by atoms with Gasteiger partial charge in [0.05, 0.1) is 6.33 Å². The van der Waals surface area contributed by atoms with Gasteiger partial charge in [0.25, 0.3) is 0 Å². The Balaban J connectivity index is 0. The summed E-state index contributed by atoms with van der Waals surface area (Å²) in [7, 11) is -2.93. The second kappa shape index (κ2) is 39.1. The molecule has 0 aliphatic carbocycles. The van der Waals surface area contributed by atoms with Crippen molar-refractivity contribution in [3.05, 3.63) is 67.4 Å². The smallest absolute Gasteiger partial charge is 1.00 e. The van der Waals surface area contributed by atoms with Crippen LogP contribution in [0.2, 0.25) is 77.1 Å². The first-order chi connectivity index (χ1) is 37.2. The van der Waals surface area contributed by atoms with Crippen molar-refractivity contribution >= 4 is 72.4 Å². The standard InChI is InChI=1S/C19H35N3O4Si.C10H17NO3.C9H18N2OSi.C8H13N3O.C6H15ClOSi.C4H5N.ClH.Na.H/c1-18(2,3)26-17(23)21-10-7-19(24,8-11-21)16-20-9-12-22(16)15-25-13-14-27(4,5)6;1-10(2,3)14-9(13)11-6-4-8(12)5-7-11;1-13(2,3)7-6-12-9-11-5-4-10-8-11;12-8(1-3-9-4-2-8)7-10-5-6-11-7;1-9(2,3)5-4-8-6-7;1-2-4-5-3-1;;;/h9,12,24H,7-8,10-11,13-15H2,1-6H3;4-7H2,1-3H3;4-5,8H,6-7,9H2,1-3H3;5-6,9,12H,1-4H2,(H,10,11);4-6H2,1-3H3;1,3-4H,2H2;1H;;/q;;;;;;;+1;-1. The number of carbonyl (C=O) groups excluding carboxylic acids is 3. The molecular weight excluding hydrogens is 1150 g/mol. The summed E-state index contributed by atoms with van der Waals surface area (Å²) in [5.74, 6) is 1.54. The van der Waals surface area contributed by atoms with Crippen molar-refractivity contribution in [1.29, 1.82) is 0 Å². The van der Waals surface area contributed by atoms with Gasteiger partial charge < -0.3 is 64.6 Å². The molecule has 0 spiro atoms. The van der Waals surface area contributed by atoms with Crippen molar-refractivity contribution in [2.24, 2.45) is 4.99 Å². The molecule has 4 aliphatic heterocycles. The number of amides is 2. The van der Waals surface area contributed by atoms with Crippen LogP contribution in [0.5, 0.6) is 0 Å². The van der Waals surface area contributed by atoms with Gasteiger partial charge in [-0.3, -0.25) is 9.79 Å². The number of allylic oxidation sites excluding steroid dienone is 1. The molecule has 3 aromatic rings. The molecule has 7 heterocycles. The number of ketones is 1. The van der Waals surface area contributed by atoms with E-state index in [-0.39, 0.29) is 61.4 Å². The molecule has 3 fully saturated rings. The van der Waals surface area contributed by atoms with Gasteiger partial charge in [-0.05, 0) is 85.6 Å². The monoisotopic (exact) mass is 1250 g/mol. The zero-order chi connectivity index (χ0) is 60.1. The van der Waals surface area contributed by atoms with E-state index in [0.29, 0.717) is 83.0 Å². The van der Waals surface area contributed by atoms with Gasteiger partial charge in [-0.25, -0.2) is 24.5 Å². The number of rotatable bonds is 16. The van der Waals surface area contributed by atoms with Gasteiger partial charge in [-0.2, -0.15) is 0 Å². The minimum absolute atomic E-state index is 0. The van der Waals surface area contributed by atoms with Crippen molar-refractivity contribution in [3.8, 4) is 0 Å². The van der Waals surface area contributed by atoms with E-state index in [1.165, 1.54) is 12.1 Å². The Morgan fingerprint density at radius 1 is 0.707 bits per heavy atom. The maximum atomic E-state index is 12.2. The summed E-state index contributed by atoms with van der Waals surface area (Å²) in [6.45, 7) is 39.1.